The van der Waals surface area contributed by atoms with E-state index in [0.29, 0.717) is 0 Å². The highest BCUT2D eigenvalue weighted by Crippen LogP contribution is 2.33. The van der Waals surface area contributed by atoms with E-state index in [1.165, 1.54) is 12.1 Å². The van der Waals surface area contributed by atoms with Crippen molar-refractivity contribution >= 4 is 17.3 Å². The molecule has 0 saturated carbocycles. The highest BCUT2D eigenvalue weighted by molar-refractivity contribution is 5.97. The van der Waals surface area contributed by atoms with Crippen molar-refractivity contribution in [1.82, 2.24) is 0 Å². The van der Waals surface area contributed by atoms with Crippen LogP contribution in [0.25, 0.3) is 0 Å². The quantitative estimate of drug-likeness (QED) is 0.443. The molecule has 0 aliphatic carbocycles. The van der Waals surface area contributed by atoms with Crippen molar-refractivity contribution in [2.45, 2.75) is 33.2 Å². The first kappa shape index (κ1) is 15.9. The molecule has 7 nitrogen and oxygen atoms in total. The summed E-state index contributed by atoms with van der Waals surface area (Å²) < 4.78 is 0. The summed E-state index contributed by atoms with van der Waals surface area (Å²) in [7, 11) is 0. The Balaban J connectivity index is 3.00. The van der Waals surface area contributed by atoms with Gasteiger partial charge in [-0.05, 0) is 33.8 Å². The molecule has 20 heavy (non-hydrogen) atoms. The van der Waals surface area contributed by atoms with Gasteiger partial charge >= 0.3 is 0 Å². The van der Waals surface area contributed by atoms with E-state index in [1.54, 1.807) is 27.7 Å². The van der Waals surface area contributed by atoms with E-state index in [-0.39, 0.29) is 23.0 Å². The number of hydrogen-bond acceptors (Lipinski definition) is 5. The molecule has 0 aliphatic heterocycles. The number of nitrogens with zero attached hydrogens (tertiary/aromatic N) is 1. The van der Waals surface area contributed by atoms with E-state index in [9.17, 15) is 20.0 Å². The normalized spacial score (nSPS) is 12.1. The van der Waals surface area contributed by atoms with Crippen molar-refractivity contribution in [3.8, 4) is 5.75 Å². The Morgan fingerprint density at radius 2 is 1.90 bits per heavy atom. The monoisotopic (exact) mass is 281 g/mol. The van der Waals surface area contributed by atoms with Gasteiger partial charge in [0.25, 0.3) is 5.69 Å². The number of carbonyl (C=O) groups is 1. The van der Waals surface area contributed by atoms with Gasteiger partial charge in [-0.15, -0.1) is 0 Å². The lowest BCUT2D eigenvalue weighted by atomic mass is 9.74. The summed E-state index contributed by atoms with van der Waals surface area (Å²) in [6, 6.07) is 3.47. The number of nitrogens with one attached hydrogen (secondary N) is 1. The molecule has 0 aliphatic rings. The molecule has 0 unspecified atom stereocenters. The van der Waals surface area contributed by atoms with E-state index in [2.05, 4.69) is 5.32 Å². The number of hydrogen-bond donors (Lipinski definition) is 3. The molecule has 0 fully saturated rings. The number of nitro benzene ring substituents is 1. The van der Waals surface area contributed by atoms with E-state index in [1.807, 2.05) is 0 Å². The van der Waals surface area contributed by atoms with Crippen LogP contribution in [0, 0.1) is 15.5 Å². The van der Waals surface area contributed by atoms with Crippen LogP contribution >= 0.6 is 0 Å². The largest absolute Gasteiger partial charge is 0.506 e. The predicted octanol–water partition coefficient (Wildman–Crippen LogP) is 2.00. The van der Waals surface area contributed by atoms with Crippen LogP contribution in [-0.4, -0.2) is 21.5 Å². The smallest absolute Gasteiger partial charge is 0.273 e. The first-order valence-electron chi connectivity index (χ1n) is 6.04. The number of anilines is 1. The second-order valence-corrected chi connectivity index (χ2v) is 5.76. The van der Waals surface area contributed by atoms with Crippen LogP contribution in [0.1, 0.15) is 27.7 Å². The summed E-state index contributed by atoms with van der Waals surface area (Å²) in [5.41, 5.74) is 4.16. The molecule has 0 radical (unpaired) electrons. The van der Waals surface area contributed by atoms with Crippen LogP contribution in [0.3, 0.4) is 0 Å². The lowest BCUT2D eigenvalue weighted by Gasteiger charge is -2.36. The fourth-order valence-corrected chi connectivity index (χ4v) is 1.31. The Bertz CT molecular complexity index is 547. The standard InChI is InChI=1S/C13H19N3O4/c1-12(2,13(3,4)14)11(18)15-9-6-5-8(16(19)20)7-10(9)17/h5-7,17H,14H2,1-4H3,(H,15,18). The summed E-state index contributed by atoms with van der Waals surface area (Å²) in [5, 5.41) is 22.8. The van der Waals surface area contributed by atoms with Crippen molar-refractivity contribution in [3.63, 3.8) is 0 Å². The van der Waals surface area contributed by atoms with Gasteiger partial charge in [0, 0.05) is 11.6 Å². The zero-order valence-corrected chi connectivity index (χ0v) is 11.9. The van der Waals surface area contributed by atoms with Gasteiger partial charge in [0.2, 0.25) is 5.91 Å². The summed E-state index contributed by atoms with van der Waals surface area (Å²) in [4.78, 5) is 22.2. The molecule has 0 atom stereocenters. The number of benzene rings is 1. The fraction of sp³-hybridized carbons (Fsp3) is 0.462. The van der Waals surface area contributed by atoms with Crippen LogP contribution in [0.5, 0.6) is 5.75 Å². The number of amides is 1. The van der Waals surface area contributed by atoms with Gasteiger partial charge in [-0.3, -0.25) is 14.9 Å². The van der Waals surface area contributed by atoms with E-state index in [0.717, 1.165) is 6.07 Å². The topological polar surface area (TPSA) is 118 Å². The second-order valence-electron chi connectivity index (χ2n) is 5.76. The molecule has 1 rings (SSSR count). The SMILES string of the molecule is CC(C)(N)C(C)(C)C(=O)Nc1ccc([N+](=O)[O-])cc1O. The lowest BCUT2D eigenvalue weighted by Crippen LogP contribution is -2.53. The molecule has 0 spiro atoms. The van der Waals surface area contributed by atoms with Crippen molar-refractivity contribution in [3.05, 3.63) is 28.3 Å². The maximum absolute atomic E-state index is 12.2. The van der Waals surface area contributed by atoms with E-state index >= 15 is 0 Å². The van der Waals surface area contributed by atoms with Crippen LogP contribution in [0.4, 0.5) is 11.4 Å². The first-order chi connectivity index (χ1) is 8.96. The molecule has 4 N–H and O–H groups in total. The molecular weight excluding hydrogens is 262 g/mol. The Labute approximate surface area is 116 Å². The molecule has 0 bridgehead atoms. The minimum Gasteiger partial charge on any atom is -0.506 e. The predicted molar refractivity (Wildman–Crippen MR) is 75.4 cm³/mol. The molecule has 0 heterocycles. The maximum Gasteiger partial charge on any atom is 0.273 e. The third-order valence-corrected chi connectivity index (χ3v) is 3.62. The highest BCUT2D eigenvalue weighted by atomic mass is 16.6. The molecule has 1 aromatic rings. The number of non-ortho nitro benzene ring substituents is 1. The zero-order chi connectivity index (χ0) is 15.7. The molecule has 1 amide bonds. The van der Waals surface area contributed by atoms with Gasteiger partial charge < -0.3 is 16.2 Å². The van der Waals surface area contributed by atoms with Gasteiger partial charge in [0.15, 0.2) is 0 Å². The van der Waals surface area contributed by atoms with E-state index in [4.69, 9.17) is 5.73 Å². The summed E-state index contributed by atoms with van der Waals surface area (Å²) in [6.07, 6.45) is 0. The Kier molecular flexibility index (Phi) is 4.04. The average Bonchev–Trinajstić information content (AvgIpc) is 2.29. The Morgan fingerprint density at radius 1 is 1.35 bits per heavy atom. The number of rotatable bonds is 4. The Morgan fingerprint density at radius 3 is 2.30 bits per heavy atom. The van der Waals surface area contributed by atoms with Gasteiger partial charge in [-0.2, -0.15) is 0 Å². The van der Waals surface area contributed by atoms with Crippen LogP contribution in [0.2, 0.25) is 0 Å². The molecular formula is C13H19N3O4. The van der Waals surface area contributed by atoms with Gasteiger partial charge in [0.1, 0.15) is 5.75 Å². The average molecular weight is 281 g/mol. The molecule has 0 aromatic heterocycles. The summed E-state index contributed by atoms with van der Waals surface area (Å²) in [6.45, 7) is 6.82. The lowest BCUT2D eigenvalue weighted by molar-refractivity contribution is -0.384. The molecule has 1 aromatic carbocycles. The number of nitro groups is 1. The highest BCUT2D eigenvalue weighted by Gasteiger charge is 2.40. The van der Waals surface area contributed by atoms with Gasteiger partial charge in [-0.25, -0.2) is 0 Å². The van der Waals surface area contributed by atoms with Crippen molar-refractivity contribution in [2.75, 3.05) is 5.32 Å². The third kappa shape index (κ3) is 3.05. The van der Waals surface area contributed by atoms with Crippen LogP contribution in [-0.2, 0) is 4.79 Å². The summed E-state index contributed by atoms with van der Waals surface area (Å²) >= 11 is 0. The van der Waals surface area contributed by atoms with Gasteiger partial charge in [0.05, 0.1) is 22.1 Å². The Hall–Kier alpha value is -2.15. The minimum atomic E-state index is -0.888. The van der Waals surface area contributed by atoms with Gasteiger partial charge in [-0.1, -0.05) is 0 Å². The van der Waals surface area contributed by atoms with Crippen molar-refractivity contribution in [1.29, 1.82) is 0 Å². The van der Waals surface area contributed by atoms with Crippen molar-refractivity contribution in [2.24, 2.45) is 11.1 Å². The van der Waals surface area contributed by atoms with Crippen molar-refractivity contribution < 1.29 is 14.8 Å². The second kappa shape index (κ2) is 5.09. The molecule has 110 valence electrons. The van der Waals surface area contributed by atoms with E-state index < -0.39 is 15.9 Å². The number of phenolic OH excluding ortho intramolecular Hbond substituents is 1. The number of phenols is 1. The fourth-order valence-electron chi connectivity index (χ4n) is 1.31. The first-order valence-corrected chi connectivity index (χ1v) is 6.04. The minimum absolute atomic E-state index is 0.109. The van der Waals surface area contributed by atoms with Crippen LogP contribution < -0.4 is 11.1 Å². The zero-order valence-electron chi connectivity index (χ0n) is 11.9. The maximum atomic E-state index is 12.2. The number of carbonyl (C=O) groups excluding carboxylic acids is 1. The molecule has 0 saturated heterocycles. The molecule has 7 heteroatoms. The summed E-state index contributed by atoms with van der Waals surface area (Å²) in [5.74, 6) is -0.743. The number of nitrogens with two attached hydrogens (primary N) is 1. The number of aromatic hydroxyl groups is 1. The third-order valence-electron chi connectivity index (χ3n) is 3.62. The van der Waals surface area contributed by atoms with Crippen LogP contribution in [0.15, 0.2) is 18.2 Å².